The van der Waals surface area contributed by atoms with Crippen LogP contribution in [0.2, 0.25) is 5.02 Å². The number of hydrogen-bond acceptors (Lipinski definition) is 4. The predicted octanol–water partition coefficient (Wildman–Crippen LogP) is 2.41. The number of hydrogen-bond donors (Lipinski definition) is 1. The molecule has 0 aliphatic rings. The first-order valence-corrected chi connectivity index (χ1v) is 8.55. The van der Waals surface area contributed by atoms with Gasteiger partial charge < -0.3 is 5.32 Å². The molecular formula is C18H17ClFN5O2. The van der Waals surface area contributed by atoms with Crippen molar-refractivity contribution in [3.05, 3.63) is 75.4 Å². The minimum Gasteiger partial charge on any atom is -0.348 e. The van der Waals surface area contributed by atoms with E-state index in [0.29, 0.717) is 11.3 Å². The maximum Gasteiger partial charge on any atom is 0.350 e. The number of benzene rings is 1. The summed E-state index contributed by atoms with van der Waals surface area (Å²) in [4.78, 5) is 28.8. The molecule has 27 heavy (non-hydrogen) atoms. The predicted molar refractivity (Wildman–Crippen MR) is 98.3 cm³/mol. The summed E-state index contributed by atoms with van der Waals surface area (Å²) in [6.07, 6.45) is 2.89. The Balaban J connectivity index is 1.70. The van der Waals surface area contributed by atoms with E-state index in [9.17, 15) is 14.0 Å². The molecule has 0 radical (unpaired) electrons. The highest BCUT2D eigenvalue weighted by molar-refractivity contribution is 6.30. The molecule has 0 unspecified atom stereocenters. The largest absolute Gasteiger partial charge is 0.350 e. The number of carbonyl (C=O) groups is 1. The number of nitrogens with zero attached hydrogens (tertiary/aromatic N) is 4. The van der Waals surface area contributed by atoms with E-state index in [1.165, 1.54) is 23.0 Å². The molecule has 0 bridgehead atoms. The number of nitrogens with one attached hydrogen (secondary N) is 1. The average Bonchev–Trinajstić information content (AvgIpc) is 2.98. The summed E-state index contributed by atoms with van der Waals surface area (Å²) < 4.78 is 15.9. The normalized spacial score (nSPS) is 12.0. The van der Waals surface area contributed by atoms with Gasteiger partial charge in [-0.1, -0.05) is 17.7 Å². The Morgan fingerprint density at radius 3 is 2.78 bits per heavy atom. The highest BCUT2D eigenvalue weighted by atomic mass is 35.5. The Hall–Kier alpha value is -3.00. The molecule has 0 fully saturated rings. The molecule has 1 N–H and O–H groups in total. The minimum absolute atomic E-state index is 0.0139. The Bertz CT molecular complexity index is 1030. The molecule has 2 heterocycles. The van der Waals surface area contributed by atoms with Gasteiger partial charge in [-0.05, 0) is 43.7 Å². The van der Waals surface area contributed by atoms with Gasteiger partial charge in [0, 0.05) is 5.69 Å². The van der Waals surface area contributed by atoms with E-state index < -0.39 is 23.5 Å². The van der Waals surface area contributed by atoms with Gasteiger partial charge in [0.25, 0.3) is 0 Å². The van der Waals surface area contributed by atoms with E-state index in [1.54, 1.807) is 31.3 Å². The number of aryl methyl sites for hydroxylation is 1. The second-order valence-electron chi connectivity index (χ2n) is 6.06. The Labute approximate surface area is 159 Å². The molecule has 0 saturated carbocycles. The van der Waals surface area contributed by atoms with Crippen molar-refractivity contribution in [2.24, 2.45) is 0 Å². The van der Waals surface area contributed by atoms with Crippen molar-refractivity contribution in [1.82, 2.24) is 24.6 Å². The van der Waals surface area contributed by atoms with Gasteiger partial charge in [-0.25, -0.2) is 18.4 Å². The molecule has 3 rings (SSSR count). The van der Waals surface area contributed by atoms with Gasteiger partial charge in [-0.15, -0.1) is 0 Å². The van der Waals surface area contributed by atoms with Gasteiger partial charge in [0.05, 0.1) is 22.9 Å². The molecule has 0 saturated heterocycles. The summed E-state index contributed by atoms with van der Waals surface area (Å²) in [6.45, 7) is 3.29. The van der Waals surface area contributed by atoms with Crippen LogP contribution in [0.4, 0.5) is 4.39 Å². The van der Waals surface area contributed by atoms with Crippen molar-refractivity contribution in [3.8, 4) is 5.69 Å². The van der Waals surface area contributed by atoms with Gasteiger partial charge in [0.1, 0.15) is 18.7 Å². The van der Waals surface area contributed by atoms with Gasteiger partial charge in [-0.2, -0.15) is 5.10 Å². The first-order chi connectivity index (χ1) is 12.8. The summed E-state index contributed by atoms with van der Waals surface area (Å²) in [6, 6.07) is 7.38. The monoisotopic (exact) mass is 389 g/mol. The highest BCUT2D eigenvalue weighted by Crippen LogP contribution is 2.20. The van der Waals surface area contributed by atoms with E-state index >= 15 is 0 Å². The highest BCUT2D eigenvalue weighted by Gasteiger charge is 2.15. The van der Waals surface area contributed by atoms with Crippen molar-refractivity contribution < 1.29 is 9.18 Å². The maximum atomic E-state index is 13.6. The van der Waals surface area contributed by atoms with Crippen LogP contribution >= 0.6 is 11.6 Å². The molecule has 2 aromatic heterocycles. The van der Waals surface area contributed by atoms with Crippen molar-refractivity contribution in [2.75, 3.05) is 0 Å². The zero-order valence-electron chi connectivity index (χ0n) is 14.7. The van der Waals surface area contributed by atoms with Gasteiger partial charge in [0.2, 0.25) is 5.91 Å². The third-order valence-corrected chi connectivity index (χ3v) is 4.33. The molecule has 0 aliphatic heterocycles. The lowest BCUT2D eigenvalue weighted by molar-refractivity contribution is -0.122. The number of aromatic nitrogens is 4. The second-order valence-corrected chi connectivity index (χ2v) is 6.47. The average molecular weight is 390 g/mol. The molecule has 1 atom stereocenters. The van der Waals surface area contributed by atoms with Crippen molar-refractivity contribution in [3.63, 3.8) is 0 Å². The molecule has 9 heteroatoms. The van der Waals surface area contributed by atoms with Crippen molar-refractivity contribution in [2.45, 2.75) is 26.4 Å². The quantitative estimate of drug-likeness (QED) is 0.726. The SMILES string of the molecule is Cc1ccc(-n2cnn(CC(=O)N[C@@H](C)c3ccc(Cl)c(F)c3)c2=O)cn1. The van der Waals surface area contributed by atoms with Crippen LogP contribution in [0, 0.1) is 12.7 Å². The second kappa shape index (κ2) is 7.71. The molecule has 1 amide bonds. The molecule has 140 valence electrons. The summed E-state index contributed by atoms with van der Waals surface area (Å²) in [7, 11) is 0. The van der Waals surface area contributed by atoms with Crippen LogP contribution in [-0.2, 0) is 11.3 Å². The smallest absolute Gasteiger partial charge is 0.348 e. The third kappa shape index (κ3) is 4.22. The van der Waals surface area contributed by atoms with Crippen LogP contribution in [-0.4, -0.2) is 25.2 Å². The summed E-state index contributed by atoms with van der Waals surface area (Å²) in [5.74, 6) is -0.982. The van der Waals surface area contributed by atoms with Crippen molar-refractivity contribution in [1.29, 1.82) is 0 Å². The molecule has 0 aliphatic carbocycles. The van der Waals surface area contributed by atoms with Gasteiger partial charge >= 0.3 is 5.69 Å². The Morgan fingerprint density at radius 2 is 2.11 bits per heavy atom. The van der Waals surface area contributed by atoms with Gasteiger partial charge in [0.15, 0.2) is 0 Å². The molecule has 0 spiro atoms. The Kier molecular flexibility index (Phi) is 5.36. The summed E-state index contributed by atoms with van der Waals surface area (Å²) >= 11 is 5.66. The number of amides is 1. The van der Waals surface area contributed by atoms with E-state index in [2.05, 4.69) is 15.4 Å². The number of carbonyl (C=O) groups excluding carboxylic acids is 1. The number of pyridine rings is 1. The van der Waals surface area contributed by atoms with E-state index in [0.717, 1.165) is 10.4 Å². The number of rotatable bonds is 5. The molecule has 1 aromatic carbocycles. The molecular weight excluding hydrogens is 373 g/mol. The standard InChI is InChI=1S/C18H17ClFN5O2/c1-11-3-5-14(8-21-11)24-10-22-25(18(24)27)9-17(26)23-12(2)13-4-6-15(19)16(20)7-13/h3-8,10,12H,9H2,1-2H3,(H,23,26)/t12-/m0/s1. The third-order valence-electron chi connectivity index (χ3n) is 4.02. The zero-order valence-corrected chi connectivity index (χ0v) is 15.4. The molecule has 7 nitrogen and oxygen atoms in total. The maximum absolute atomic E-state index is 13.6. The van der Waals surface area contributed by atoms with Crippen LogP contribution < -0.4 is 11.0 Å². The topological polar surface area (TPSA) is 81.8 Å². The fourth-order valence-electron chi connectivity index (χ4n) is 2.51. The van der Waals surface area contributed by atoms with Crippen LogP contribution in [0.1, 0.15) is 24.2 Å². The first kappa shape index (κ1) is 18.8. The molecule has 3 aromatic rings. The lowest BCUT2D eigenvalue weighted by Gasteiger charge is -2.14. The van der Waals surface area contributed by atoms with Crippen LogP contribution in [0.15, 0.2) is 47.7 Å². The lowest BCUT2D eigenvalue weighted by Crippen LogP contribution is -2.34. The summed E-state index contributed by atoms with van der Waals surface area (Å²) in [5, 5.41) is 6.68. The van der Waals surface area contributed by atoms with E-state index in [-0.39, 0.29) is 11.6 Å². The fourth-order valence-corrected chi connectivity index (χ4v) is 2.63. The lowest BCUT2D eigenvalue weighted by atomic mass is 10.1. The van der Waals surface area contributed by atoms with E-state index in [1.807, 2.05) is 6.92 Å². The zero-order chi connectivity index (χ0) is 19.6. The number of halogens is 2. The first-order valence-electron chi connectivity index (χ1n) is 8.17. The fraction of sp³-hybridized carbons (Fsp3) is 0.222. The van der Waals surface area contributed by atoms with Crippen molar-refractivity contribution >= 4 is 17.5 Å². The summed E-state index contributed by atoms with van der Waals surface area (Å²) in [5.41, 5.74) is 1.49. The minimum atomic E-state index is -0.558. The van der Waals surface area contributed by atoms with Crippen LogP contribution in [0.5, 0.6) is 0 Å². The van der Waals surface area contributed by atoms with Crippen LogP contribution in [0.3, 0.4) is 0 Å². The van der Waals surface area contributed by atoms with E-state index in [4.69, 9.17) is 11.6 Å². The van der Waals surface area contributed by atoms with Crippen LogP contribution in [0.25, 0.3) is 5.69 Å². The van der Waals surface area contributed by atoms with Gasteiger partial charge in [-0.3, -0.25) is 9.78 Å². The Morgan fingerprint density at radius 1 is 1.33 bits per heavy atom.